The molecule has 0 saturated carbocycles. The largest absolute Gasteiger partial charge is 1.00 e. The van der Waals surface area contributed by atoms with Crippen molar-refractivity contribution < 1.29 is 47.9 Å². The number of nitrogens with zero attached hydrogens (tertiary/aromatic N) is 1. The van der Waals surface area contributed by atoms with Crippen molar-refractivity contribution in [2.24, 2.45) is 0 Å². The number of ether oxygens (including phenoxy) is 1. The minimum absolute atomic E-state index is 0. The van der Waals surface area contributed by atoms with Gasteiger partial charge in [0.05, 0.1) is 6.61 Å². The van der Waals surface area contributed by atoms with E-state index in [4.69, 9.17) is 0 Å². The summed E-state index contributed by atoms with van der Waals surface area (Å²) < 4.78 is 26.0. The second-order valence-corrected chi connectivity index (χ2v) is 3.34. The van der Waals surface area contributed by atoms with E-state index in [0.29, 0.717) is 5.69 Å². The molecule has 1 aromatic rings. The van der Waals surface area contributed by atoms with Crippen molar-refractivity contribution in [1.29, 1.82) is 0 Å². The molecule has 0 aromatic carbocycles. The van der Waals surface area contributed by atoms with Crippen LogP contribution in [0.1, 0.15) is 23.0 Å². The average molecular weight is 240 g/mol. The van der Waals surface area contributed by atoms with Crippen LogP contribution in [0.15, 0.2) is 5.03 Å². The second-order valence-electron chi connectivity index (χ2n) is 2.48. The van der Waals surface area contributed by atoms with Crippen LogP contribution in [0.5, 0.6) is 0 Å². The van der Waals surface area contributed by atoms with Gasteiger partial charge in [-0.2, -0.15) is 5.10 Å². The summed E-state index contributed by atoms with van der Waals surface area (Å²) in [5, 5.41) is 5.59. The summed E-state index contributed by atoms with van der Waals surface area (Å²) in [6, 6.07) is 0. The summed E-state index contributed by atoms with van der Waals surface area (Å²) in [7, 11) is 0. The van der Waals surface area contributed by atoms with Crippen LogP contribution in [-0.4, -0.2) is 31.5 Å². The monoisotopic (exact) mass is 240 g/mol. The molecule has 0 fully saturated rings. The summed E-state index contributed by atoms with van der Waals surface area (Å²) in [6.45, 7) is 3.38. The fourth-order valence-corrected chi connectivity index (χ4v) is 1.49. The molecule has 0 amide bonds. The molecule has 0 aliphatic rings. The Morgan fingerprint density at radius 2 is 2.27 bits per heavy atom. The van der Waals surface area contributed by atoms with E-state index in [2.05, 4.69) is 14.9 Å². The Bertz CT molecular complexity index is 379. The Hall–Kier alpha value is -0.210. The number of nitrogens with one attached hydrogen (secondary N) is 1. The molecule has 15 heavy (non-hydrogen) atoms. The molecule has 1 heterocycles. The molecule has 1 unspecified atom stereocenters. The molecule has 0 radical (unpaired) electrons. The van der Waals surface area contributed by atoms with Gasteiger partial charge in [0.1, 0.15) is 10.6 Å². The number of hydrogen-bond donors (Lipinski definition) is 1. The van der Waals surface area contributed by atoms with E-state index in [-0.39, 0.29) is 46.8 Å². The predicted octanol–water partition coefficient (Wildman–Crippen LogP) is -2.86. The first-order valence-electron chi connectivity index (χ1n) is 3.89. The Morgan fingerprint density at radius 3 is 2.73 bits per heavy atom. The second kappa shape index (κ2) is 6.39. The maximum absolute atomic E-state index is 11.3. The molecule has 1 aromatic heterocycles. The summed E-state index contributed by atoms with van der Waals surface area (Å²) >= 11 is -2.54. The van der Waals surface area contributed by atoms with Crippen molar-refractivity contribution in [2.45, 2.75) is 18.9 Å². The zero-order valence-corrected chi connectivity index (χ0v) is 11.5. The molecule has 6 nitrogen and oxygen atoms in total. The topological polar surface area (TPSA) is 95.1 Å². The fraction of sp³-hybridized carbons (Fsp3) is 0.429. The summed E-state index contributed by atoms with van der Waals surface area (Å²) in [4.78, 5) is 11.3. The Kier molecular flexibility index (Phi) is 6.30. The normalized spacial score (nSPS) is 11.7. The number of aromatic amines is 1. The van der Waals surface area contributed by atoms with Gasteiger partial charge >= 0.3 is 35.5 Å². The number of rotatable bonds is 3. The number of hydrogen-bond acceptors (Lipinski definition) is 5. The molecule has 0 aliphatic heterocycles. The molecule has 8 heteroatoms. The van der Waals surface area contributed by atoms with Gasteiger partial charge < -0.3 is 9.29 Å². The van der Waals surface area contributed by atoms with Gasteiger partial charge in [0.2, 0.25) is 0 Å². The number of aryl methyl sites for hydroxylation is 1. The standard InChI is InChI=1S/C7H10N2O4S.Na/c1-3-13-7(10)5-4(2)8-9-6(5)14(11)12;/h3H2,1-2H3,(H,8,9)(H,11,12);/q;+1/p-1. The summed E-state index contributed by atoms with van der Waals surface area (Å²) in [6.07, 6.45) is 0. The van der Waals surface area contributed by atoms with Gasteiger partial charge in [-0.1, -0.05) is 0 Å². The first kappa shape index (κ1) is 14.8. The number of aromatic nitrogens is 2. The number of H-pyrrole nitrogens is 1. The van der Waals surface area contributed by atoms with Crippen LogP contribution in [0, 0.1) is 6.92 Å². The van der Waals surface area contributed by atoms with Crippen molar-refractivity contribution in [1.82, 2.24) is 10.2 Å². The van der Waals surface area contributed by atoms with Crippen molar-refractivity contribution in [3.63, 3.8) is 0 Å². The Labute approximate surface area is 111 Å². The first-order chi connectivity index (χ1) is 6.57. The van der Waals surface area contributed by atoms with Crippen LogP contribution < -0.4 is 29.6 Å². The third-order valence-electron chi connectivity index (χ3n) is 1.55. The van der Waals surface area contributed by atoms with Crippen LogP contribution in [0.4, 0.5) is 0 Å². The van der Waals surface area contributed by atoms with Crippen molar-refractivity contribution in [3.8, 4) is 0 Å². The van der Waals surface area contributed by atoms with E-state index in [1.54, 1.807) is 13.8 Å². The summed E-state index contributed by atoms with van der Waals surface area (Å²) in [5.41, 5.74) is 0.350. The molecule has 1 N–H and O–H groups in total. The molecule has 1 atom stereocenters. The van der Waals surface area contributed by atoms with Gasteiger partial charge in [-0.25, -0.2) is 4.79 Å². The number of esters is 1. The molecule has 78 valence electrons. The number of carbonyl (C=O) groups excluding carboxylic acids is 1. The first-order valence-corrected chi connectivity index (χ1v) is 4.96. The SMILES string of the molecule is CCOC(=O)c1c(S(=O)[O-])n[nH]c1C.[Na+]. The molecular formula is C7H9N2NaO4S. The Balaban J connectivity index is 0.00000196. The Morgan fingerprint density at radius 1 is 1.67 bits per heavy atom. The van der Waals surface area contributed by atoms with Crippen molar-refractivity contribution in [2.75, 3.05) is 6.61 Å². The van der Waals surface area contributed by atoms with Gasteiger partial charge in [0.25, 0.3) is 0 Å². The van der Waals surface area contributed by atoms with E-state index in [1.807, 2.05) is 0 Å². The molecule has 1 rings (SSSR count). The zero-order valence-electron chi connectivity index (χ0n) is 8.70. The maximum atomic E-state index is 11.3. The van der Waals surface area contributed by atoms with Gasteiger partial charge in [-0.15, -0.1) is 0 Å². The fourth-order valence-electron chi connectivity index (χ4n) is 0.971. The predicted molar refractivity (Wildman–Crippen MR) is 46.5 cm³/mol. The van der Waals surface area contributed by atoms with Gasteiger partial charge in [-0.05, 0) is 24.9 Å². The van der Waals surface area contributed by atoms with Crippen molar-refractivity contribution in [3.05, 3.63) is 11.3 Å². The third kappa shape index (κ3) is 3.39. The molecule has 0 saturated heterocycles. The third-order valence-corrected chi connectivity index (χ3v) is 2.16. The molecule has 0 bridgehead atoms. The van der Waals surface area contributed by atoms with E-state index in [0.717, 1.165) is 0 Å². The van der Waals surface area contributed by atoms with Crippen LogP contribution in [0.3, 0.4) is 0 Å². The minimum Gasteiger partial charge on any atom is -0.767 e. The molecule has 0 aliphatic carbocycles. The van der Waals surface area contributed by atoms with Crippen LogP contribution in [0.2, 0.25) is 0 Å². The van der Waals surface area contributed by atoms with E-state index in [9.17, 15) is 13.6 Å². The summed E-state index contributed by atoms with van der Waals surface area (Å²) in [5.74, 6) is -0.682. The van der Waals surface area contributed by atoms with Crippen LogP contribution in [0.25, 0.3) is 0 Å². The van der Waals surface area contributed by atoms with E-state index < -0.39 is 17.0 Å². The van der Waals surface area contributed by atoms with Crippen molar-refractivity contribution >= 4 is 17.0 Å². The number of carbonyl (C=O) groups is 1. The average Bonchev–Trinajstić information content (AvgIpc) is 2.47. The maximum Gasteiger partial charge on any atom is 1.00 e. The molecular weight excluding hydrogens is 231 g/mol. The van der Waals surface area contributed by atoms with Crippen LogP contribution in [-0.2, 0) is 15.8 Å². The van der Waals surface area contributed by atoms with E-state index >= 15 is 0 Å². The zero-order chi connectivity index (χ0) is 10.7. The van der Waals surface area contributed by atoms with Gasteiger partial charge in [-0.3, -0.25) is 9.31 Å². The van der Waals surface area contributed by atoms with Crippen LogP contribution >= 0.6 is 0 Å². The quantitative estimate of drug-likeness (QED) is 0.348. The van der Waals surface area contributed by atoms with E-state index in [1.165, 1.54) is 0 Å². The molecule has 0 spiro atoms. The smallest absolute Gasteiger partial charge is 0.767 e. The minimum atomic E-state index is -2.54. The van der Waals surface area contributed by atoms with Gasteiger partial charge in [0.15, 0.2) is 0 Å². The van der Waals surface area contributed by atoms with Gasteiger partial charge in [0, 0.05) is 5.69 Å².